The van der Waals surface area contributed by atoms with Crippen molar-refractivity contribution in [1.82, 2.24) is 15.0 Å². The molecule has 0 saturated carbocycles. The van der Waals surface area contributed by atoms with Gasteiger partial charge in [0.15, 0.2) is 15.6 Å². The monoisotopic (exact) mass is 1120 g/mol. The van der Waals surface area contributed by atoms with Crippen molar-refractivity contribution in [1.29, 1.82) is 0 Å². The Morgan fingerprint density at radius 3 is 1.70 bits per heavy atom. The Bertz CT molecular complexity index is 3680. The number of aromatic hydroxyl groups is 2. The zero-order valence-electron chi connectivity index (χ0n) is 35.8. The molecule has 6 aromatic rings. The van der Waals surface area contributed by atoms with Gasteiger partial charge in [-0.1, -0.05) is 18.2 Å². The fraction of sp³-hybridized carbons (Fsp3) is 0.0645. The van der Waals surface area contributed by atoms with Crippen LogP contribution in [0.5, 0.6) is 11.8 Å². The first-order chi connectivity index (χ1) is 29.4. The van der Waals surface area contributed by atoms with Crippen molar-refractivity contribution in [3.05, 3.63) is 72.8 Å². The third-order valence-corrected chi connectivity index (χ3v) is 14.0. The van der Waals surface area contributed by atoms with Gasteiger partial charge >= 0.3 is 154 Å². The van der Waals surface area contributed by atoms with Gasteiger partial charge in [-0.2, -0.15) is 15.0 Å². The molecule has 4 N–H and O–H groups in total. The van der Waals surface area contributed by atoms with Crippen molar-refractivity contribution in [3.63, 3.8) is 0 Å². The van der Waals surface area contributed by atoms with Crippen LogP contribution in [0.1, 0.15) is 0 Å². The number of phenolic OH excluding ortho intramolecular Hbond substituents is 1. The molecule has 38 heteroatoms. The summed E-state index contributed by atoms with van der Waals surface area (Å²) in [5.74, 6) is -3.47. The number of anilines is 4. The molecule has 1 heterocycles. The van der Waals surface area contributed by atoms with Gasteiger partial charge < -0.3 is 43.6 Å². The van der Waals surface area contributed by atoms with Gasteiger partial charge in [0.25, 0.3) is 0 Å². The van der Waals surface area contributed by atoms with Crippen LogP contribution in [-0.4, -0.2) is 111 Å². The summed E-state index contributed by atoms with van der Waals surface area (Å²) in [4.78, 5) is 6.07. The summed E-state index contributed by atoms with van der Waals surface area (Å²) in [6.07, 6.45) is 0. The van der Waals surface area contributed by atoms with Gasteiger partial charge in [-0.05, 0) is 60.0 Å². The SMILES string of the molecule is O=S(=O)([O-])OCCS(=O)(=O)c1ccc(Nc2nc(O)nc(Nc3cc(S(=O)(=O)[O-])cc4cc(S(=O)(=O)[O-])c(N=Nc5ccc6c(S(=O)(=O)[O-])cccc6c5S(=O)(=O)[O-])c(O)c34)n2)cc1.[Na+].[Na+].[Na+].[Na+].[Na+]. The third kappa shape index (κ3) is 16.4. The maximum absolute atomic E-state index is 12.5. The van der Waals surface area contributed by atoms with Crippen LogP contribution in [0.3, 0.4) is 0 Å². The first-order valence-corrected chi connectivity index (χ1v) is 25.1. The minimum absolute atomic E-state index is 0. The van der Waals surface area contributed by atoms with Gasteiger partial charge in [0.1, 0.15) is 51.8 Å². The van der Waals surface area contributed by atoms with Crippen LogP contribution in [0, 0.1) is 0 Å². The van der Waals surface area contributed by atoms with Gasteiger partial charge in [0.05, 0.1) is 42.5 Å². The van der Waals surface area contributed by atoms with E-state index in [-0.39, 0.29) is 158 Å². The van der Waals surface area contributed by atoms with Crippen molar-refractivity contribution in [2.75, 3.05) is 23.0 Å². The first kappa shape index (κ1) is 65.9. The van der Waals surface area contributed by atoms with Crippen LogP contribution in [0.15, 0.2) is 108 Å². The maximum Gasteiger partial charge on any atom is 1.00 e. The van der Waals surface area contributed by atoms with Crippen LogP contribution in [0.25, 0.3) is 21.5 Å². The molecule has 0 atom stereocenters. The largest absolute Gasteiger partial charge is 1.00 e. The smallest absolute Gasteiger partial charge is 0.744 e. The zero-order valence-corrected chi connectivity index (χ0v) is 50.7. The number of aromatic nitrogens is 3. The summed E-state index contributed by atoms with van der Waals surface area (Å²) in [7, 11) is -31.5. The van der Waals surface area contributed by atoms with Gasteiger partial charge in [-0.3, -0.25) is 4.18 Å². The summed E-state index contributed by atoms with van der Waals surface area (Å²) < 4.78 is 208. The number of rotatable bonds is 15. The molecule has 0 saturated heterocycles. The minimum atomic E-state index is -5.77. The second kappa shape index (κ2) is 24.9. The molecule has 27 nitrogen and oxygen atoms in total. The van der Waals surface area contributed by atoms with E-state index in [1.165, 1.54) is 0 Å². The number of nitrogens with one attached hydrogen (secondary N) is 2. The Morgan fingerprint density at radius 2 is 1.16 bits per heavy atom. The number of benzene rings is 5. The topological polar surface area (TPSA) is 457 Å². The number of hydrogen-bond donors (Lipinski definition) is 4. The van der Waals surface area contributed by atoms with E-state index in [4.69, 9.17) is 0 Å². The van der Waals surface area contributed by atoms with Crippen molar-refractivity contribution >= 4 is 117 Å². The number of phenols is 1. The molecule has 1 aromatic heterocycles. The van der Waals surface area contributed by atoms with Crippen molar-refractivity contribution in [2.45, 2.75) is 24.5 Å². The Hall–Kier alpha value is -1.11. The van der Waals surface area contributed by atoms with Crippen LogP contribution < -0.4 is 158 Å². The van der Waals surface area contributed by atoms with Gasteiger partial charge in [0, 0.05) is 21.8 Å². The summed E-state index contributed by atoms with van der Waals surface area (Å²) in [6.45, 7) is -0.973. The van der Waals surface area contributed by atoms with Crippen LogP contribution in [-0.2, 0) is 64.9 Å². The molecule has 0 spiro atoms. The Morgan fingerprint density at radius 1 is 0.580 bits per heavy atom. The average molecular weight is 1120 g/mol. The molecule has 0 aliphatic heterocycles. The van der Waals surface area contributed by atoms with E-state index in [1.807, 2.05) is 0 Å². The predicted molar refractivity (Wildman–Crippen MR) is 208 cm³/mol. The number of hydrogen-bond acceptors (Lipinski definition) is 27. The quantitative estimate of drug-likeness (QED) is 0.0321. The van der Waals surface area contributed by atoms with E-state index in [2.05, 4.69) is 40.0 Å². The number of sulfone groups is 1. The van der Waals surface area contributed by atoms with E-state index < -0.39 is 155 Å². The summed E-state index contributed by atoms with van der Waals surface area (Å²) >= 11 is 0. The second-order valence-corrected chi connectivity index (χ2v) is 21.1. The predicted octanol–water partition coefficient (Wildman–Crippen LogP) is -13.6. The molecule has 340 valence electrons. The van der Waals surface area contributed by atoms with Crippen LogP contribution >= 0.6 is 0 Å². The maximum atomic E-state index is 12.5. The summed E-state index contributed by atoms with van der Waals surface area (Å²) in [5, 5.41) is 31.3. The van der Waals surface area contributed by atoms with Crippen LogP contribution in [0.2, 0.25) is 0 Å². The summed E-state index contributed by atoms with van der Waals surface area (Å²) in [5.41, 5.74) is -2.85. The van der Waals surface area contributed by atoms with Crippen molar-refractivity contribution < 1.29 is 235 Å². The van der Waals surface area contributed by atoms with E-state index in [0.29, 0.717) is 24.3 Å². The van der Waals surface area contributed by atoms with Gasteiger partial charge in [-0.25, -0.2) is 50.5 Å². The minimum Gasteiger partial charge on any atom is -0.744 e. The molecular formula is C31H20N7Na5O20S6. The molecule has 5 aromatic carbocycles. The molecule has 0 radical (unpaired) electrons. The number of fused-ring (bicyclic) bond motifs is 2. The number of azo groups is 1. The van der Waals surface area contributed by atoms with Crippen molar-refractivity contribution in [3.8, 4) is 11.8 Å². The van der Waals surface area contributed by atoms with Gasteiger partial charge in [0.2, 0.25) is 22.3 Å². The molecule has 0 fully saturated rings. The van der Waals surface area contributed by atoms with E-state index in [9.17, 15) is 83.5 Å². The second-order valence-electron chi connectivity index (χ2n) is 12.5. The molecule has 0 amide bonds. The summed E-state index contributed by atoms with van der Waals surface area (Å²) in [6, 6.07) is 9.05. The number of nitrogens with zero attached hydrogens (tertiary/aromatic N) is 5. The van der Waals surface area contributed by atoms with E-state index in [1.54, 1.807) is 0 Å². The fourth-order valence-electron chi connectivity index (χ4n) is 5.78. The van der Waals surface area contributed by atoms with E-state index >= 15 is 0 Å². The molecule has 0 aliphatic carbocycles. The molecule has 0 unspecified atom stereocenters. The molecule has 0 bridgehead atoms. The zero-order chi connectivity index (χ0) is 47.4. The van der Waals surface area contributed by atoms with E-state index in [0.717, 1.165) is 48.5 Å². The molecular weight excluding hydrogens is 1100 g/mol. The molecule has 6 rings (SSSR count). The molecule has 69 heavy (non-hydrogen) atoms. The Balaban J connectivity index is 0.00000476. The van der Waals surface area contributed by atoms with Gasteiger partial charge in [-0.15, -0.1) is 10.2 Å². The fourth-order valence-corrected chi connectivity index (χ4v) is 9.94. The van der Waals surface area contributed by atoms with Crippen LogP contribution in [0.4, 0.5) is 34.6 Å². The van der Waals surface area contributed by atoms with Crippen molar-refractivity contribution in [2.24, 2.45) is 10.2 Å². The average Bonchev–Trinajstić information content (AvgIpc) is 3.14. The first-order valence-electron chi connectivity index (χ1n) is 16.5. The normalized spacial score (nSPS) is 12.2. The molecule has 0 aliphatic rings. The third-order valence-electron chi connectivity index (χ3n) is 8.33. The Kier molecular flexibility index (Phi) is 23.8. The standard InChI is InChI=1S/C31H25N7O20S6.5Na/c39-27-25-15(13-24(62(49,50)51)26(27)38-37-21-9-8-19-20(28(21)63(52,53)54)2-1-3-23(19)61(46,47)48)12-18(60(43,44)45)14-22(25)33-30-34-29(35-31(40)36-30)32-16-4-6-17(7-5-16)59(41,42)11-10-58-64(55,56)57;;;;;/h1-9,12-14,39H,10-11H2,(H,43,44,45)(H,46,47,48)(H,49,50,51)(H,52,53,54)(H,55,56,57)(H3,32,33,34,35,36,40);;;;;/q;5*+1/p-5. The Labute approximate surface area is 502 Å².